The van der Waals surface area contributed by atoms with E-state index in [1.165, 1.54) is 87.1 Å². The Morgan fingerprint density at radius 2 is 0.486 bits per heavy atom. The van der Waals surface area contributed by atoms with E-state index in [-0.39, 0.29) is 0 Å². The highest BCUT2D eigenvalue weighted by molar-refractivity contribution is 6.10. The van der Waals surface area contributed by atoms with Crippen molar-refractivity contribution < 1.29 is 0 Å². The van der Waals surface area contributed by atoms with E-state index in [1.807, 2.05) is 0 Å². The molecule has 0 spiro atoms. The molecule has 4 heteroatoms. The van der Waals surface area contributed by atoms with Crippen LogP contribution in [0.5, 0.6) is 0 Å². The molecular formula is C66H42N4. The van der Waals surface area contributed by atoms with Gasteiger partial charge < -0.3 is 18.3 Å². The molecule has 0 bridgehead atoms. The topological polar surface area (TPSA) is 19.7 Å². The van der Waals surface area contributed by atoms with E-state index >= 15 is 0 Å². The molecule has 0 saturated heterocycles. The highest BCUT2D eigenvalue weighted by atomic mass is 15.0. The van der Waals surface area contributed by atoms with Crippen LogP contribution in [-0.2, 0) is 0 Å². The predicted octanol–water partition coefficient (Wildman–Crippen LogP) is 17.4. The molecule has 15 aromatic rings. The minimum Gasteiger partial charge on any atom is -0.309 e. The van der Waals surface area contributed by atoms with Gasteiger partial charge in [-0.15, -0.1) is 0 Å². The summed E-state index contributed by atoms with van der Waals surface area (Å²) >= 11 is 0. The lowest BCUT2D eigenvalue weighted by Crippen LogP contribution is -1.99. The van der Waals surface area contributed by atoms with E-state index in [1.54, 1.807) is 0 Å². The molecule has 0 radical (unpaired) electrons. The Morgan fingerprint density at radius 3 is 0.843 bits per heavy atom. The van der Waals surface area contributed by atoms with Gasteiger partial charge in [-0.25, -0.2) is 0 Å². The van der Waals surface area contributed by atoms with Crippen molar-refractivity contribution in [3.8, 4) is 45.3 Å². The summed E-state index contributed by atoms with van der Waals surface area (Å²) in [5.74, 6) is 0. The molecule has 0 fully saturated rings. The van der Waals surface area contributed by atoms with Crippen molar-refractivity contribution in [3.63, 3.8) is 0 Å². The van der Waals surface area contributed by atoms with Gasteiger partial charge in [0.1, 0.15) is 0 Å². The van der Waals surface area contributed by atoms with Crippen molar-refractivity contribution in [2.24, 2.45) is 0 Å². The number of rotatable bonds is 6. The molecule has 326 valence electrons. The Labute approximate surface area is 403 Å². The molecule has 0 atom stereocenters. The van der Waals surface area contributed by atoms with Crippen molar-refractivity contribution in [1.82, 2.24) is 18.3 Å². The van der Waals surface area contributed by atoms with Gasteiger partial charge in [-0.2, -0.15) is 0 Å². The van der Waals surface area contributed by atoms with Crippen molar-refractivity contribution in [1.29, 1.82) is 0 Å². The average Bonchev–Trinajstić information content (AvgIpc) is 4.18. The Bertz CT molecular complexity index is 4170. The number of aromatic nitrogens is 4. The lowest BCUT2D eigenvalue weighted by molar-refractivity contribution is 1.12. The summed E-state index contributed by atoms with van der Waals surface area (Å²) in [5, 5.41) is 12.3. The van der Waals surface area contributed by atoms with Gasteiger partial charge in [0.2, 0.25) is 0 Å². The summed E-state index contributed by atoms with van der Waals surface area (Å²) in [6.45, 7) is 0. The molecule has 0 aliphatic heterocycles. The fourth-order valence-corrected chi connectivity index (χ4v) is 11.5. The standard InChI is InChI=1S/C66H42N4/c1-3-15-45-37-47(27-25-43(45)13-1)63-39-49-41-66-50(42-65(49)69(63)53-33-29-51(30-34-53)67-59-21-9-5-17-55(59)56-18-6-10-22-60(56)67)40-64(48-28-26-44-14-2-4-16-46(44)38-48)70(66)54-35-31-52(32-36-54)68-61-23-11-7-19-57(61)58-20-8-12-24-62(58)68/h1-42H. The summed E-state index contributed by atoms with van der Waals surface area (Å²) in [6, 6.07) is 93.8. The van der Waals surface area contributed by atoms with Gasteiger partial charge in [0, 0.05) is 55.1 Å². The van der Waals surface area contributed by atoms with Crippen LogP contribution in [0.4, 0.5) is 0 Å². The summed E-state index contributed by atoms with van der Waals surface area (Å²) in [5.41, 5.74) is 16.3. The van der Waals surface area contributed by atoms with E-state index in [4.69, 9.17) is 0 Å². The predicted molar refractivity (Wildman–Crippen MR) is 295 cm³/mol. The van der Waals surface area contributed by atoms with Crippen LogP contribution in [0.15, 0.2) is 255 Å². The van der Waals surface area contributed by atoms with Gasteiger partial charge in [0.05, 0.1) is 44.5 Å². The number of hydrogen-bond acceptors (Lipinski definition) is 0. The molecule has 0 amide bonds. The second-order valence-electron chi connectivity index (χ2n) is 18.6. The molecule has 4 heterocycles. The van der Waals surface area contributed by atoms with Crippen molar-refractivity contribution >= 4 is 87.0 Å². The summed E-state index contributed by atoms with van der Waals surface area (Å²) in [6.07, 6.45) is 0. The van der Waals surface area contributed by atoms with Crippen LogP contribution in [0.2, 0.25) is 0 Å². The van der Waals surface area contributed by atoms with Crippen LogP contribution in [0, 0.1) is 0 Å². The Balaban J connectivity index is 0.943. The van der Waals surface area contributed by atoms with E-state index in [9.17, 15) is 0 Å². The number of fused-ring (bicyclic) bond motifs is 10. The number of nitrogens with zero attached hydrogens (tertiary/aromatic N) is 4. The average molecular weight is 891 g/mol. The molecule has 11 aromatic carbocycles. The second kappa shape index (κ2) is 15.1. The van der Waals surface area contributed by atoms with E-state index < -0.39 is 0 Å². The van der Waals surface area contributed by atoms with E-state index in [2.05, 4.69) is 273 Å². The molecular weight excluding hydrogens is 849 g/mol. The number of benzene rings is 11. The van der Waals surface area contributed by atoms with Gasteiger partial charge in [-0.1, -0.05) is 146 Å². The third kappa shape index (κ3) is 5.84. The lowest BCUT2D eigenvalue weighted by Gasteiger charge is -2.15. The summed E-state index contributed by atoms with van der Waals surface area (Å²) in [7, 11) is 0. The summed E-state index contributed by atoms with van der Waals surface area (Å²) < 4.78 is 9.70. The molecule has 4 nitrogen and oxygen atoms in total. The molecule has 70 heavy (non-hydrogen) atoms. The Morgan fingerprint density at radius 1 is 0.186 bits per heavy atom. The molecule has 4 aromatic heterocycles. The molecule has 0 unspecified atom stereocenters. The summed E-state index contributed by atoms with van der Waals surface area (Å²) in [4.78, 5) is 0. The smallest absolute Gasteiger partial charge is 0.0542 e. The third-order valence-electron chi connectivity index (χ3n) is 14.7. The lowest BCUT2D eigenvalue weighted by atomic mass is 10.0. The van der Waals surface area contributed by atoms with E-state index in [0.717, 1.165) is 45.2 Å². The maximum Gasteiger partial charge on any atom is 0.0542 e. The Kier molecular flexibility index (Phi) is 8.33. The fourth-order valence-electron chi connectivity index (χ4n) is 11.5. The minimum atomic E-state index is 1.11. The SMILES string of the molecule is c1ccc2cc(-c3cc4cc5c(cc(-c6ccc7ccccc7c6)n5-c5ccc(-n6c7ccccc7c7ccccc76)cc5)cc4n3-c3ccc(-n4c5ccccc5c5ccccc54)cc3)ccc2c1. The zero-order valence-electron chi connectivity index (χ0n) is 38.0. The number of hydrogen-bond donors (Lipinski definition) is 0. The molecule has 15 rings (SSSR count). The van der Waals surface area contributed by atoms with Crippen LogP contribution in [0.1, 0.15) is 0 Å². The van der Waals surface area contributed by atoms with Gasteiger partial charge in [-0.05, 0) is 142 Å². The fraction of sp³-hybridized carbons (Fsp3) is 0. The highest BCUT2D eigenvalue weighted by Crippen LogP contribution is 2.41. The van der Waals surface area contributed by atoms with Crippen LogP contribution < -0.4 is 0 Å². The van der Waals surface area contributed by atoms with Crippen LogP contribution in [0.25, 0.3) is 132 Å². The van der Waals surface area contributed by atoms with Crippen molar-refractivity contribution in [2.45, 2.75) is 0 Å². The monoisotopic (exact) mass is 890 g/mol. The molecule has 0 aliphatic carbocycles. The van der Waals surface area contributed by atoms with Gasteiger partial charge in [-0.3, -0.25) is 0 Å². The highest BCUT2D eigenvalue weighted by Gasteiger charge is 2.21. The van der Waals surface area contributed by atoms with Gasteiger partial charge >= 0.3 is 0 Å². The first-order valence-electron chi connectivity index (χ1n) is 24.1. The molecule has 0 N–H and O–H groups in total. The largest absolute Gasteiger partial charge is 0.309 e. The first-order valence-corrected chi connectivity index (χ1v) is 24.1. The third-order valence-corrected chi connectivity index (χ3v) is 14.7. The van der Waals surface area contributed by atoms with Crippen LogP contribution in [0.3, 0.4) is 0 Å². The van der Waals surface area contributed by atoms with Crippen molar-refractivity contribution in [2.75, 3.05) is 0 Å². The van der Waals surface area contributed by atoms with Gasteiger partial charge in [0.25, 0.3) is 0 Å². The molecule has 0 saturated carbocycles. The second-order valence-corrected chi connectivity index (χ2v) is 18.6. The maximum absolute atomic E-state index is 2.46. The minimum absolute atomic E-state index is 1.11. The van der Waals surface area contributed by atoms with Crippen LogP contribution in [-0.4, -0.2) is 18.3 Å². The zero-order chi connectivity index (χ0) is 45.9. The first-order chi connectivity index (χ1) is 34.7. The van der Waals surface area contributed by atoms with Crippen molar-refractivity contribution in [3.05, 3.63) is 255 Å². The Hall–Kier alpha value is -9.38. The number of para-hydroxylation sites is 4. The molecule has 0 aliphatic rings. The first kappa shape index (κ1) is 38.7. The van der Waals surface area contributed by atoms with Crippen LogP contribution >= 0.6 is 0 Å². The quantitative estimate of drug-likeness (QED) is 0.158. The van der Waals surface area contributed by atoms with E-state index in [0.29, 0.717) is 0 Å². The zero-order valence-corrected chi connectivity index (χ0v) is 38.0. The maximum atomic E-state index is 2.46. The van der Waals surface area contributed by atoms with Gasteiger partial charge in [0.15, 0.2) is 0 Å². The normalized spacial score (nSPS) is 12.0.